The maximum Gasteiger partial charge on any atom is 0.417 e. The molecule has 76 valence electrons. The number of halogens is 4. The van der Waals surface area contributed by atoms with Crippen molar-refractivity contribution in [1.29, 1.82) is 5.41 Å². The Hall–Kier alpha value is -1.04. The normalized spacial score (nSPS) is 11.4. The highest BCUT2D eigenvalue weighted by Gasteiger charge is 2.34. The molecule has 0 aromatic heterocycles. The SMILES string of the molecule is N=C(N)c1ccc(Br)cc1C(F)(F)F. The summed E-state index contributed by atoms with van der Waals surface area (Å²) in [5.41, 5.74) is 3.82. The molecule has 1 rings (SSSR count). The number of alkyl halides is 3. The molecule has 3 N–H and O–H groups in total. The summed E-state index contributed by atoms with van der Waals surface area (Å²) in [5.74, 6) is -0.593. The van der Waals surface area contributed by atoms with Crippen LogP contribution in [0.3, 0.4) is 0 Å². The summed E-state index contributed by atoms with van der Waals surface area (Å²) in [6, 6.07) is 3.47. The summed E-state index contributed by atoms with van der Waals surface area (Å²) in [4.78, 5) is 0. The summed E-state index contributed by atoms with van der Waals surface area (Å²) in [6.07, 6.45) is -4.50. The van der Waals surface area contributed by atoms with Crippen LogP contribution in [0.2, 0.25) is 0 Å². The summed E-state index contributed by atoms with van der Waals surface area (Å²) in [7, 11) is 0. The van der Waals surface area contributed by atoms with E-state index in [2.05, 4.69) is 15.9 Å². The zero-order chi connectivity index (χ0) is 10.9. The first-order chi connectivity index (χ1) is 6.32. The van der Waals surface area contributed by atoms with Crippen molar-refractivity contribution in [2.24, 2.45) is 5.73 Å². The van der Waals surface area contributed by atoms with Gasteiger partial charge in [0.15, 0.2) is 0 Å². The highest BCUT2D eigenvalue weighted by atomic mass is 79.9. The first kappa shape index (κ1) is 11.0. The minimum atomic E-state index is -4.50. The number of nitrogens with two attached hydrogens (primary N) is 1. The zero-order valence-electron chi connectivity index (χ0n) is 6.82. The Morgan fingerprint density at radius 2 is 1.93 bits per heavy atom. The van der Waals surface area contributed by atoms with Gasteiger partial charge in [-0.05, 0) is 18.2 Å². The second-order valence-electron chi connectivity index (χ2n) is 2.60. The number of rotatable bonds is 1. The molecule has 0 bridgehead atoms. The molecule has 0 aliphatic heterocycles. The third-order valence-electron chi connectivity index (χ3n) is 1.58. The number of hydrogen-bond acceptors (Lipinski definition) is 1. The van der Waals surface area contributed by atoms with E-state index in [0.29, 0.717) is 4.47 Å². The average Bonchev–Trinajstić information content (AvgIpc) is 2.01. The molecule has 0 saturated heterocycles. The molecule has 0 radical (unpaired) electrons. The van der Waals surface area contributed by atoms with Crippen molar-refractivity contribution in [2.75, 3.05) is 0 Å². The number of hydrogen-bond donors (Lipinski definition) is 2. The van der Waals surface area contributed by atoms with E-state index in [4.69, 9.17) is 11.1 Å². The number of amidine groups is 1. The second-order valence-corrected chi connectivity index (χ2v) is 3.52. The van der Waals surface area contributed by atoms with Crippen LogP contribution in [0.25, 0.3) is 0 Å². The molecule has 1 aromatic rings. The van der Waals surface area contributed by atoms with Crippen LogP contribution in [0, 0.1) is 5.41 Å². The molecule has 0 unspecified atom stereocenters. The van der Waals surface area contributed by atoms with Crippen molar-refractivity contribution < 1.29 is 13.2 Å². The predicted octanol–water partition coefficient (Wildman–Crippen LogP) is 2.75. The fourth-order valence-electron chi connectivity index (χ4n) is 0.986. The fraction of sp³-hybridized carbons (Fsp3) is 0.125. The van der Waals surface area contributed by atoms with Crippen molar-refractivity contribution in [2.45, 2.75) is 6.18 Å². The second kappa shape index (κ2) is 3.61. The molecule has 0 heterocycles. The molecule has 0 amide bonds. The number of nitrogen functional groups attached to an aromatic ring is 1. The lowest BCUT2D eigenvalue weighted by atomic mass is 10.1. The van der Waals surface area contributed by atoms with Crippen molar-refractivity contribution in [3.05, 3.63) is 33.8 Å². The van der Waals surface area contributed by atoms with Crippen LogP contribution >= 0.6 is 15.9 Å². The van der Waals surface area contributed by atoms with E-state index in [9.17, 15) is 13.2 Å². The van der Waals surface area contributed by atoms with Gasteiger partial charge in [0, 0.05) is 10.0 Å². The van der Waals surface area contributed by atoms with Crippen molar-refractivity contribution in [3.8, 4) is 0 Å². The number of benzene rings is 1. The molecule has 0 atom stereocenters. The third kappa shape index (κ3) is 2.25. The van der Waals surface area contributed by atoms with Gasteiger partial charge in [-0.25, -0.2) is 0 Å². The molecule has 2 nitrogen and oxygen atoms in total. The summed E-state index contributed by atoms with van der Waals surface area (Å²) < 4.78 is 37.5. The van der Waals surface area contributed by atoms with Crippen molar-refractivity contribution >= 4 is 21.8 Å². The van der Waals surface area contributed by atoms with Crippen LogP contribution in [0.5, 0.6) is 0 Å². The molecular formula is C8H6BrF3N2. The molecular weight excluding hydrogens is 261 g/mol. The van der Waals surface area contributed by atoms with E-state index >= 15 is 0 Å². The molecule has 1 aromatic carbocycles. The summed E-state index contributed by atoms with van der Waals surface area (Å²) in [6.45, 7) is 0. The standard InChI is InChI=1S/C8H6BrF3N2/c9-4-1-2-5(7(13)14)6(3-4)8(10,11)12/h1-3H,(H3,13,14). The van der Waals surface area contributed by atoms with Crippen LogP contribution in [-0.2, 0) is 6.18 Å². The molecule has 0 aliphatic carbocycles. The van der Waals surface area contributed by atoms with Gasteiger partial charge in [0.25, 0.3) is 0 Å². The first-order valence-corrected chi connectivity index (χ1v) is 4.33. The van der Waals surface area contributed by atoms with Crippen LogP contribution in [0.4, 0.5) is 13.2 Å². The Morgan fingerprint density at radius 3 is 2.36 bits per heavy atom. The van der Waals surface area contributed by atoms with Crippen molar-refractivity contribution in [1.82, 2.24) is 0 Å². The van der Waals surface area contributed by atoms with Crippen LogP contribution in [0.15, 0.2) is 22.7 Å². The lowest BCUT2D eigenvalue weighted by Gasteiger charge is -2.11. The Kier molecular flexibility index (Phi) is 2.84. The Labute approximate surface area is 86.6 Å². The summed E-state index contributed by atoms with van der Waals surface area (Å²) >= 11 is 2.93. The van der Waals surface area contributed by atoms with E-state index in [1.54, 1.807) is 0 Å². The highest BCUT2D eigenvalue weighted by molar-refractivity contribution is 9.10. The van der Waals surface area contributed by atoms with Gasteiger partial charge in [-0.2, -0.15) is 13.2 Å². The van der Waals surface area contributed by atoms with E-state index in [-0.39, 0.29) is 5.56 Å². The molecule has 0 spiro atoms. The van der Waals surface area contributed by atoms with Crippen LogP contribution in [-0.4, -0.2) is 5.84 Å². The van der Waals surface area contributed by atoms with Gasteiger partial charge in [-0.1, -0.05) is 15.9 Å². The van der Waals surface area contributed by atoms with Gasteiger partial charge >= 0.3 is 6.18 Å². The van der Waals surface area contributed by atoms with E-state index < -0.39 is 17.6 Å². The molecule has 0 saturated carbocycles. The highest BCUT2D eigenvalue weighted by Crippen LogP contribution is 2.33. The van der Waals surface area contributed by atoms with Crippen LogP contribution in [0.1, 0.15) is 11.1 Å². The predicted molar refractivity (Wildman–Crippen MR) is 50.2 cm³/mol. The smallest absolute Gasteiger partial charge is 0.384 e. The molecule has 0 fully saturated rings. The maximum atomic E-state index is 12.4. The Balaban J connectivity index is 3.38. The monoisotopic (exact) mass is 266 g/mol. The van der Waals surface area contributed by atoms with Gasteiger partial charge in [-0.3, -0.25) is 5.41 Å². The van der Waals surface area contributed by atoms with Gasteiger partial charge in [0.1, 0.15) is 5.84 Å². The van der Waals surface area contributed by atoms with E-state index in [1.807, 2.05) is 0 Å². The van der Waals surface area contributed by atoms with E-state index in [1.165, 1.54) is 6.07 Å². The lowest BCUT2D eigenvalue weighted by Crippen LogP contribution is -2.18. The third-order valence-corrected chi connectivity index (χ3v) is 2.07. The van der Waals surface area contributed by atoms with Gasteiger partial charge in [-0.15, -0.1) is 0 Å². The fourth-order valence-corrected chi connectivity index (χ4v) is 1.35. The summed E-state index contributed by atoms with van der Waals surface area (Å²) in [5, 5.41) is 6.99. The number of nitrogens with one attached hydrogen (secondary N) is 1. The molecule has 14 heavy (non-hydrogen) atoms. The van der Waals surface area contributed by atoms with Gasteiger partial charge < -0.3 is 5.73 Å². The first-order valence-electron chi connectivity index (χ1n) is 3.53. The maximum absolute atomic E-state index is 12.4. The van der Waals surface area contributed by atoms with E-state index in [0.717, 1.165) is 12.1 Å². The van der Waals surface area contributed by atoms with Crippen LogP contribution < -0.4 is 5.73 Å². The Bertz CT molecular complexity index is 373. The molecule has 0 aliphatic rings. The lowest BCUT2D eigenvalue weighted by molar-refractivity contribution is -0.137. The van der Waals surface area contributed by atoms with Gasteiger partial charge in [0.2, 0.25) is 0 Å². The van der Waals surface area contributed by atoms with Gasteiger partial charge in [0.05, 0.1) is 5.56 Å². The Morgan fingerprint density at radius 1 is 1.36 bits per heavy atom. The minimum Gasteiger partial charge on any atom is -0.384 e. The topological polar surface area (TPSA) is 49.9 Å². The quantitative estimate of drug-likeness (QED) is 0.596. The average molecular weight is 267 g/mol. The minimum absolute atomic E-state index is 0.301. The van der Waals surface area contributed by atoms with Crippen molar-refractivity contribution in [3.63, 3.8) is 0 Å². The molecule has 6 heteroatoms. The zero-order valence-corrected chi connectivity index (χ0v) is 8.41. The largest absolute Gasteiger partial charge is 0.417 e.